The number of anilines is 1. The van der Waals surface area contributed by atoms with Crippen LogP contribution in [0.2, 0.25) is 0 Å². The molecule has 0 heterocycles. The van der Waals surface area contributed by atoms with E-state index in [-0.39, 0.29) is 11.6 Å². The van der Waals surface area contributed by atoms with Gasteiger partial charge in [-0.15, -0.1) is 0 Å². The van der Waals surface area contributed by atoms with Gasteiger partial charge in [0.25, 0.3) is 0 Å². The maximum atomic E-state index is 10.8. The van der Waals surface area contributed by atoms with Crippen LogP contribution in [0.25, 0.3) is 0 Å². The lowest BCUT2D eigenvalue weighted by atomic mass is 10.2. The summed E-state index contributed by atoms with van der Waals surface area (Å²) in [6.07, 6.45) is 0.737. The third-order valence-electron chi connectivity index (χ3n) is 2.08. The third kappa shape index (κ3) is 2.56. The molecule has 4 heteroatoms. The molecule has 0 spiro atoms. The number of carbonyl (C=O) groups excluding carboxylic acids is 1. The summed E-state index contributed by atoms with van der Waals surface area (Å²) in [7, 11) is 0. The minimum absolute atomic E-state index is 0.0539. The Bertz CT molecular complexity index is 357. The molecule has 1 aromatic rings. The van der Waals surface area contributed by atoms with E-state index in [0.29, 0.717) is 5.69 Å². The molecule has 0 fully saturated rings. The summed E-state index contributed by atoms with van der Waals surface area (Å²) in [6.45, 7) is 3.78. The van der Waals surface area contributed by atoms with E-state index in [1.807, 2.05) is 13.8 Å². The Morgan fingerprint density at radius 2 is 1.87 bits per heavy atom. The lowest BCUT2D eigenvalue weighted by Crippen LogP contribution is -2.28. The molecule has 0 atom stereocenters. The molecule has 4 nitrogen and oxygen atoms in total. The minimum atomic E-state index is -0.969. The summed E-state index contributed by atoms with van der Waals surface area (Å²) < 4.78 is 0. The Kier molecular flexibility index (Phi) is 3.44. The Hall–Kier alpha value is -1.84. The lowest BCUT2D eigenvalue weighted by molar-refractivity contribution is -0.107. The van der Waals surface area contributed by atoms with Crippen molar-refractivity contribution in [3.8, 4) is 0 Å². The summed E-state index contributed by atoms with van der Waals surface area (Å²) in [6, 6.07) is 6.26. The van der Waals surface area contributed by atoms with Gasteiger partial charge < -0.3 is 10.0 Å². The number of aromatic carboxylic acids is 1. The van der Waals surface area contributed by atoms with Crippen LogP contribution in [-0.2, 0) is 4.79 Å². The predicted octanol–water partition coefficient (Wildman–Crippen LogP) is 1.76. The van der Waals surface area contributed by atoms with Crippen LogP contribution < -0.4 is 4.90 Å². The molecule has 80 valence electrons. The molecule has 0 saturated carbocycles. The molecule has 0 aromatic heterocycles. The van der Waals surface area contributed by atoms with Crippen molar-refractivity contribution in [2.75, 3.05) is 4.90 Å². The fourth-order valence-corrected chi connectivity index (χ4v) is 1.26. The van der Waals surface area contributed by atoms with Crippen LogP contribution in [0.4, 0.5) is 5.69 Å². The van der Waals surface area contributed by atoms with Crippen molar-refractivity contribution in [1.82, 2.24) is 0 Å². The van der Waals surface area contributed by atoms with Crippen LogP contribution >= 0.6 is 0 Å². The molecular formula is C11H13NO3. The average Bonchev–Trinajstić information content (AvgIpc) is 2.19. The number of hydrogen-bond acceptors (Lipinski definition) is 2. The standard InChI is InChI=1S/C11H13NO3/c1-8(2)12(7-13)10-5-3-9(4-6-10)11(14)15/h3-8H,1-2H3,(H,14,15). The van der Waals surface area contributed by atoms with Gasteiger partial charge in [0.15, 0.2) is 0 Å². The van der Waals surface area contributed by atoms with Crippen molar-refractivity contribution >= 4 is 18.1 Å². The zero-order valence-electron chi connectivity index (χ0n) is 8.68. The smallest absolute Gasteiger partial charge is 0.335 e. The fourth-order valence-electron chi connectivity index (χ4n) is 1.26. The highest BCUT2D eigenvalue weighted by molar-refractivity contribution is 5.88. The number of benzene rings is 1. The number of amides is 1. The van der Waals surface area contributed by atoms with Crippen molar-refractivity contribution in [3.05, 3.63) is 29.8 Å². The van der Waals surface area contributed by atoms with Gasteiger partial charge in [-0.3, -0.25) is 4.79 Å². The van der Waals surface area contributed by atoms with E-state index >= 15 is 0 Å². The van der Waals surface area contributed by atoms with Crippen molar-refractivity contribution in [1.29, 1.82) is 0 Å². The van der Waals surface area contributed by atoms with Crippen LogP contribution in [0.3, 0.4) is 0 Å². The Labute approximate surface area is 88.1 Å². The van der Waals surface area contributed by atoms with Gasteiger partial charge >= 0.3 is 5.97 Å². The van der Waals surface area contributed by atoms with Gasteiger partial charge in [-0.05, 0) is 38.1 Å². The summed E-state index contributed by atoms with van der Waals surface area (Å²) in [5, 5.41) is 8.70. The molecule has 0 aliphatic carbocycles. The Morgan fingerprint density at radius 1 is 1.33 bits per heavy atom. The Balaban J connectivity index is 2.96. The van der Waals surface area contributed by atoms with E-state index in [9.17, 15) is 9.59 Å². The molecule has 0 bridgehead atoms. The number of carboxylic acid groups (broad SMARTS) is 1. The van der Waals surface area contributed by atoms with Gasteiger partial charge in [0.1, 0.15) is 0 Å². The molecule has 0 unspecified atom stereocenters. The van der Waals surface area contributed by atoms with E-state index < -0.39 is 5.97 Å². The largest absolute Gasteiger partial charge is 0.478 e. The van der Waals surface area contributed by atoms with Gasteiger partial charge in [0, 0.05) is 11.7 Å². The quantitative estimate of drug-likeness (QED) is 0.765. The van der Waals surface area contributed by atoms with E-state index in [1.54, 1.807) is 12.1 Å². The number of carboxylic acids is 1. The van der Waals surface area contributed by atoms with Crippen molar-refractivity contribution < 1.29 is 14.7 Å². The average molecular weight is 207 g/mol. The van der Waals surface area contributed by atoms with Gasteiger partial charge in [-0.2, -0.15) is 0 Å². The van der Waals surface area contributed by atoms with E-state index in [4.69, 9.17) is 5.11 Å². The fraction of sp³-hybridized carbons (Fsp3) is 0.273. The monoisotopic (exact) mass is 207 g/mol. The number of rotatable bonds is 4. The molecule has 1 aromatic carbocycles. The maximum Gasteiger partial charge on any atom is 0.335 e. The van der Waals surface area contributed by atoms with Crippen molar-refractivity contribution in [2.45, 2.75) is 19.9 Å². The second-order valence-electron chi connectivity index (χ2n) is 3.46. The molecule has 15 heavy (non-hydrogen) atoms. The summed E-state index contributed by atoms with van der Waals surface area (Å²) in [4.78, 5) is 22.9. The van der Waals surface area contributed by atoms with E-state index in [0.717, 1.165) is 6.41 Å². The zero-order chi connectivity index (χ0) is 11.4. The zero-order valence-corrected chi connectivity index (χ0v) is 8.68. The molecule has 1 amide bonds. The molecule has 1 rings (SSSR count). The number of hydrogen-bond donors (Lipinski definition) is 1. The Morgan fingerprint density at radius 3 is 2.20 bits per heavy atom. The van der Waals surface area contributed by atoms with Crippen molar-refractivity contribution in [2.24, 2.45) is 0 Å². The number of nitrogens with zero attached hydrogens (tertiary/aromatic N) is 1. The molecular weight excluding hydrogens is 194 g/mol. The molecule has 1 N–H and O–H groups in total. The van der Waals surface area contributed by atoms with Crippen LogP contribution in [-0.4, -0.2) is 23.5 Å². The highest BCUT2D eigenvalue weighted by Gasteiger charge is 2.09. The molecule has 0 radical (unpaired) electrons. The normalized spacial score (nSPS) is 10.1. The van der Waals surface area contributed by atoms with Crippen LogP contribution in [0, 0.1) is 0 Å². The summed E-state index contributed by atoms with van der Waals surface area (Å²) in [5.74, 6) is -0.969. The predicted molar refractivity (Wildman–Crippen MR) is 57.1 cm³/mol. The van der Waals surface area contributed by atoms with Crippen LogP contribution in [0.15, 0.2) is 24.3 Å². The van der Waals surface area contributed by atoms with Crippen LogP contribution in [0.5, 0.6) is 0 Å². The summed E-state index contributed by atoms with van der Waals surface area (Å²) >= 11 is 0. The van der Waals surface area contributed by atoms with E-state index in [1.165, 1.54) is 17.0 Å². The molecule has 0 saturated heterocycles. The first-order valence-corrected chi connectivity index (χ1v) is 4.63. The number of carbonyl (C=O) groups is 2. The van der Waals surface area contributed by atoms with Gasteiger partial charge in [0.2, 0.25) is 6.41 Å². The minimum Gasteiger partial charge on any atom is -0.478 e. The van der Waals surface area contributed by atoms with Crippen LogP contribution in [0.1, 0.15) is 24.2 Å². The summed E-state index contributed by atoms with van der Waals surface area (Å²) in [5.41, 5.74) is 0.915. The first-order chi connectivity index (χ1) is 7.06. The maximum absolute atomic E-state index is 10.8. The first-order valence-electron chi connectivity index (χ1n) is 4.63. The topological polar surface area (TPSA) is 57.6 Å². The highest BCUT2D eigenvalue weighted by atomic mass is 16.4. The van der Waals surface area contributed by atoms with Gasteiger partial charge in [-0.1, -0.05) is 0 Å². The highest BCUT2D eigenvalue weighted by Crippen LogP contribution is 2.16. The van der Waals surface area contributed by atoms with E-state index in [2.05, 4.69) is 0 Å². The van der Waals surface area contributed by atoms with Crippen molar-refractivity contribution in [3.63, 3.8) is 0 Å². The lowest BCUT2D eigenvalue weighted by Gasteiger charge is -2.21. The molecule has 0 aliphatic heterocycles. The SMILES string of the molecule is CC(C)N(C=O)c1ccc(C(=O)O)cc1. The van der Waals surface area contributed by atoms with Gasteiger partial charge in [0.05, 0.1) is 5.56 Å². The molecule has 0 aliphatic rings. The second kappa shape index (κ2) is 4.59. The van der Waals surface area contributed by atoms with Gasteiger partial charge in [-0.25, -0.2) is 4.79 Å². The first kappa shape index (κ1) is 11.2. The second-order valence-corrected chi connectivity index (χ2v) is 3.46. The third-order valence-corrected chi connectivity index (χ3v) is 2.08.